The molecule has 3 fully saturated rings. The Labute approximate surface area is 456 Å². The lowest BCUT2D eigenvalue weighted by Crippen LogP contribution is -2.61. The number of nitroso groups, excluding NO2 is 1. The second-order valence-electron chi connectivity index (χ2n) is 23.2. The molecule has 6 N–H and O–H groups in total. The molecule has 1 unspecified atom stereocenters. The van der Waals surface area contributed by atoms with Crippen molar-refractivity contribution in [1.29, 1.82) is 0 Å². The number of thioether (sulfide) groups is 1. The topological polar surface area (TPSA) is 284 Å². The molecule has 0 bridgehead atoms. The van der Waals surface area contributed by atoms with Crippen LogP contribution in [0.2, 0.25) is 0 Å². The first-order chi connectivity index (χ1) is 36.1. The van der Waals surface area contributed by atoms with Crippen LogP contribution in [0.5, 0.6) is 5.75 Å². The molecule has 4 aliphatic rings. The van der Waals surface area contributed by atoms with E-state index >= 15 is 0 Å². The molecule has 21 nitrogen and oxygen atoms in total. The molecule has 4 aliphatic heterocycles. The van der Waals surface area contributed by atoms with Gasteiger partial charge in [-0.15, -0.1) is 11.8 Å². The largest absolute Gasteiger partial charge is 0.489 e. The molecule has 0 amide bonds. The third-order valence-electron chi connectivity index (χ3n) is 16.9. The number of hydrogen-bond acceptors (Lipinski definition) is 20. The van der Waals surface area contributed by atoms with E-state index in [1.807, 2.05) is 45.8 Å². The molecule has 3 saturated heterocycles. The number of aliphatic hydroxyl groups excluding tert-OH is 2. The summed E-state index contributed by atoms with van der Waals surface area (Å²) in [5.74, 6) is -5.07. The van der Waals surface area contributed by atoms with E-state index in [2.05, 4.69) is 10.5 Å². The number of carboxylic acid groups (broad SMARTS) is 1. The number of benzene rings is 1. The second-order valence-corrected chi connectivity index (χ2v) is 24.3. The lowest BCUT2D eigenvalue weighted by atomic mass is 9.72. The van der Waals surface area contributed by atoms with Crippen molar-refractivity contribution in [2.75, 3.05) is 39.5 Å². The molecule has 0 saturated carbocycles. The first kappa shape index (κ1) is 62.4. The number of pyridine rings is 1. The minimum absolute atomic E-state index is 0.0525. The first-order valence-electron chi connectivity index (χ1n) is 27.3. The zero-order valence-electron chi connectivity index (χ0n) is 47.1. The molecular weight excluding hydrogens is 1020 g/mol. The van der Waals surface area contributed by atoms with Gasteiger partial charge in [0.25, 0.3) is 0 Å². The summed E-state index contributed by atoms with van der Waals surface area (Å²) in [4.78, 5) is 68.3. The molecule has 0 spiro atoms. The maximum Gasteiger partial charge on any atom is 0.341 e. The third-order valence-corrected chi connectivity index (χ3v) is 17.8. The van der Waals surface area contributed by atoms with Gasteiger partial charge >= 0.3 is 17.9 Å². The average Bonchev–Trinajstić information content (AvgIpc) is 3.40. The smallest absolute Gasteiger partial charge is 0.341 e. The van der Waals surface area contributed by atoms with Crippen LogP contribution >= 0.6 is 11.8 Å². The van der Waals surface area contributed by atoms with E-state index in [1.54, 1.807) is 59.1 Å². The predicted octanol–water partition coefficient (Wildman–Crippen LogP) is 5.09. The average molecular weight is 1110 g/mol. The Morgan fingerprint density at radius 2 is 1.66 bits per heavy atom. The van der Waals surface area contributed by atoms with E-state index in [-0.39, 0.29) is 48.8 Å². The van der Waals surface area contributed by atoms with E-state index < -0.39 is 125 Å². The van der Waals surface area contributed by atoms with Gasteiger partial charge in [0.05, 0.1) is 71.9 Å². The number of nitrogens with zero attached hydrogens (tertiary/aromatic N) is 3. The molecule has 1 aromatic heterocycles. The standard InChI is InChI=1S/C55H86N4O17S/c1-14-39-55(11,68)47(63)30(5)42(57-69)28(3)25-54(10,67)48(76-52-45(62)37(58(12)13)22-29(4)71-52)31(6)46(32(7)51(66)73-39)75-41-26-53(9,15-2)49(33(8)72-41)74-40(60)16-17-56-18-21-77-34-23-35-43-38(24-34)70-20-19-59(43)27-36(44(35)61)50(64)65/h23-24,27-33,37,39,41-42,45-49,52,56,62-63,67-68H,14-22,25-26H2,1-13H3,(H,64,65)/t28-,29-,30+,31+,32-,33+,37+,39-,41+,42?,45-,46+,47-,48-,49+,52+,53-,54-,55-/m1/s1. The number of likely N-dealkylation sites (N-methyl/N-ethyl adjacent to an activating group) is 1. The molecule has 0 radical (unpaired) electrons. The molecule has 6 rings (SSSR count). The molecule has 434 valence electrons. The summed E-state index contributed by atoms with van der Waals surface area (Å²) in [5, 5.41) is 64.7. The first-order valence-corrected chi connectivity index (χ1v) is 28.3. The van der Waals surface area contributed by atoms with Crippen LogP contribution in [0.4, 0.5) is 0 Å². The number of esters is 2. The van der Waals surface area contributed by atoms with Crippen molar-refractivity contribution in [3.63, 3.8) is 0 Å². The number of rotatable bonds is 17. The summed E-state index contributed by atoms with van der Waals surface area (Å²) in [7, 11) is 3.69. The summed E-state index contributed by atoms with van der Waals surface area (Å²) in [6, 6.07) is 2.05. The lowest BCUT2D eigenvalue weighted by molar-refractivity contribution is -0.314. The number of aromatic nitrogens is 1. The normalized spacial score (nSPS) is 38.3. The Morgan fingerprint density at radius 1 is 0.961 bits per heavy atom. The Bertz CT molecular complexity index is 2440. The van der Waals surface area contributed by atoms with E-state index in [9.17, 15) is 49.6 Å². The quantitative estimate of drug-likeness (QED) is 0.0521. The van der Waals surface area contributed by atoms with E-state index in [1.165, 1.54) is 24.9 Å². The van der Waals surface area contributed by atoms with Gasteiger partial charge in [-0.3, -0.25) is 14.4 Å². The zero-order valence-corrected chi connectivity index (χ0v) is 47.9. The number of cyclic esters (lactones) is 1. The van der Waals surface area contributed by atoms with Gasteiger partial charge in [0, 0.05) is 59.6 Å². The van der Waals surface area contributed by atoms with Crippen LogP contribution in [0.3, 0.4) is 0 Å². The van der Waals surface area contributed by atoms with Gasteiger partial charge in [0.2, 0.25) is 5.43 Å². The van der Waals surface area contributed by atoms with Crippen LogP contribution < -0.4 is 15.5 Å². The maximum atomic E-state index is 14.5. The molecule has 1 aromatic carbocycles. The third kappa shape index (κ3) is 13.9. The van der Waals surface area contributed by atoms with Gasteiger partial charge in [-0.25, -0.2) is 4.79 Å². The van der Waals surface area contributed by atoms with E-state index in [4.69, 9.17) is 33.2 Å². The van der Waals surface area contributed by atoms with Crippen molar-refractivity contribution in [1.82, 2.24) is 14.8 Å². The summed E-state index contributed by atoms with van der Waals surface area (Å²) < 4.78 is 46.4. The van der Waals surface area contributed by atoms with Crippen LogP contribution in [0.1, 0.15) is 125 Å². The van der Waals surface area contributed by atoms with Gasteiger partial charge < -0.3 is 73.5 Å². The number of ether oxygens (including phenoxy) is 7. The molecular formula is C55H86N4O17S. The number of aromatic carboxylic acids is 1. The lowest BCUT2D eigenvalue weighted by Gasteiger charge is -2.50. The van der Waals surface area contributed by atoms with Crippen LogP contribution in [-0.2, 0) is 44.6 Å². The van der Waals surface area contributed by atoms with Crippen molar-refractivity contribution in [2.24, 2.45) is 34.3 Å². The fourth-order valence-electron chi connectivity index (χ4n) is 12.3. The Kier molecular flexibility index (Phi) is 20.9. The SMILES string of the molecule is CC[C@H]1OC(=O)[C@H](C)[C@@H](O[C@H]2C[C@@](C)(CC)[C@@H](OC(=O)CCNCCSc3cc4c5c(c3)c(=O)c(C(=O)O)cn5CCO4)[C@H](C)O2)[C@H](C)[C@@H](O[C@@H]2O[C@H](C)C[C@H](N(C)C)[C@H]2O)[C@](C)(O)C[C@@H](C)C(N=O)[C@H](C)[C@@H](O)[C@]1(C)O. The van der Waals surface area contributed by atoms with Crippen molar-refractivity contribution in [3.8, 4) is 5.75 Å². The summed E-state index contributed by atoms with van der Waals surface area (Å²) >= 11 is 1.46. The summed E-state index contributed by atoms with van der Waals surface area (Å²) in [5.41, 5.74) is -4.85. The minimum Gasteiger partial charge on any atom is -0.489 e. The van der Waals surface area contributed by atoms with Crippen molar-refractivity contribution >= 4 is 40.6 Å². The van der Waals surface area contributed by atoms with Crippen LogP contribution in [0.25, 0.3) is 10.9 Å². The maximum absolute atomic E-state index is 14.5. The fourth-order valence-corrected chi connectivity index (χ4v) is 13.2. The number of aliphatic hydroxyl groups is 4. The Hall–Kier alpha value is -3.81. The van der Waals surface area contributed by atoms with Gasteiger partial charge in [-0.2, -0.15) is 4.91 Å². The molecule has 0 aliphatic carbocycles. The number of nitrogens with one attached hydrogen (secondary N) is 1. The van der Waals surface area contributed by atoms with Crippen molar-refractivity contribution in [3.05, 3.63) is 39.0 Å². The van der Waals surface area contributed by atoms with Crippen molar-refractivity contribution in [2.45, 2.75) is 211 Å². The minimum atomic E-state index is -2.02. The van der Waals surface area contributed by atoms with Gasteiger partial charge in [-0.05, 0) is 92.4 Å². The highest BCUT2D eigenvalue weighted by Crippen LogP contribution is 2.45. The van der Waals surface area contributed by atoms with Gasteiger partial charge in [0.15, 0.2) is 12.6 Å². The fraction of sp³-hybridized carbons (Fsp3) is 0.782. The predicted molar refractivity (Wildman–Crippen MR) is 287 cm³/mol. The number of hydrogen-bond donors (Lipinski definition) is 6. The van der Waals surface area contributed by atoms with E-state index in [0.717, 1.165) is 4.90 Å². The monoisotopic (exact) mass is 1110 g/mol. The van der Waals surface area contributed by atoms with Gasteiger partial charge in [0.1, 0.15) is 41.8 Å². The highest BCUT2D eigenvalue weighted by Gasteiger charge is 2.54. The number of carbonyl (C=O) groups is 3. The molecule has 19 atom stereocenters. The van der Waals surface area contributed by atoms with Crippen LogP contribution in [0.15, 0.2) is 33.2 Å². The highest BCUT2D eigenvalue weighted by atomic mass is 32.2. The number of carbonyl (C=O) groups excluding carboxylic acids is 2. The zero-order chi connectivity index (χ0) is 57.1. The van der Waals surface area contributed by atoms with Crippen LogP contribution in [0, 0.1) is 34.0 Å². The van der Waals surface area contributed by atoms with E-state index in [0.29, 0.717) is 56.1 Å². The summed E-state index contributed by atoms with van der Waals surface area (Å²) in [6.07, 6.45) is -7.64. The summed E-state index contributed by atoms with van der Waals surface area (Å²) in [6.45, 7) is 20.5. The van der Waals surface area contributed by atoms with Crippen molar-refractivity contribution < 1.29 is 73.1 Å². The number of carboxylic acids is 1. The Balaban J connectivity index is 1.18. The van der Waals surface area contributed by atoms with Crippen LogP contribution in [-0.4, -0.2) is 177 Å². The molecule has 2 aromatic rings. The second kappa shape index (κ2) is 25.8. The molecule has 5 heterocycles. The highest BCUT2D eigenvalue weighted by molar-refractivity contribution is 7.99. The van der Waals surface area contributed by atoms with Gasteiger partial charge in [-0.1, -0.05) is 46.7 Å². The Morgan fingerprint density at radius 3 is 2.30 bits per heavy atom. The molecule has 77 heavy (non-hydrogen) atoms. The molecule has 22 heteroatoms.